The molecule has 0 aromatic carbocycles. The van der Waals surface area contributed by atoms with Crippen LogP contribution in [0.4, 0.5) is 5.69 Å². The summed E-state index contributed by atoms with van der Waals surface area (Å²) in [5.41, 5.74) is 0.472. The molecule has 0 fully saturated rings. The molecule has 21 heavy (non-hydrogen) atoms. The fourth-order valence-corrected chi connectivity index (χ4v) is 4.42. The molecule has 0 atom stereocenters. The molecular formula is C13H16BrN3O2S2. The van der Waals surface area contributed by atoms with Crippen molar-refractivity contribution in [1.29, 1.82) is 0 Å². The van der Waals surface area contributed by atoms with Gasteiger partial charge in [0, 0.05) is 29.9 Å². The summed E-state index contributed by atoms with van der Waals surface area (Å²) in [5, 5.41) is 3.26. The van der Waals surface area contributed by atoms with Crippen molar-refractivity contribution in [1.82, 2.24) is 10.3 Å². The molecule has 2 N–H and O–H groups in total. The number of anilines is 1. The predicted molar refractivity (Wildman–Crippen MR) is 89.0 cm³/mol. The van der Waals surface area contributed by atoms with Gasteiger partial charge in [-0.1, -0.05) is 13.8 Å². The van der Waals surface area contributed by atoms with Crippen molar-refractivity contribution < 1.29 is 8.42 Å². The van der Waals surface area contributed by atoms with E-state index >= 15 is 0 Å². The number of nitrogens with one attached hydrogen (secondary N) is 2. The van der Waals surface area contributed by atoms with Crippen LogP contribution in [0.2, 0.25) is 0 Å². The van der Waals surface area contributed by atoms with Crippen molar-refractivity contribution in [3.05, 3.63) is 39.9 Å². The molecule has 2 aromatic heterocycles. The largest absolute Gasteiger partial charge is 0.310 e. The summed E-state index contributed by atoms with van der Waals surface area (Å²) in [6, 6.07) is 5.42. The van der Waals surface area contributed by atoms with Crippen LogP contribution >= 0.6 is 27.3 Å². The van der Waals surface area contributed by atoms with Crippen LogP contribution < -0.4 is 10.0 Å². The van der Waals surface area contributed by atoms with Crippen LogP contribution in [0.5, 0.6) is 0 Å². The second-order valence-corrected chi connectivity index (χ2v) is 8.65. The molecule has 2 rings (SSSR count). The maximum atomic E-state index is 12.3. The summed E-state index contributed by atoms with van der Waals surface area (Å²) in [4.78, 5) is 4.89. The lowest BCUT2D eigenvalue weighted by Crippen LogP contribution is -2.21. The second kappa shape index (κ2) is 6.87. The number of nitrogens with zero attached hydrogens (tertiary/aromatic N) is 1. The predicted octanol–water partition coefficient (Wildman–Crippen LogP) is 3.20. The Bertz CT molecular complexity index is 714. The number of hydrogen-bond donors (Lipinski definition) is 2. The highest BCUT2D eigenvalue weighted by molar-refractivity contribution is 9.10. The van der Waals surface area contributed by atoms with Crippen molar-refractivity contribution in [3.8, 4) is 0 Å². The van der Waals surface area contributed by atoms with Crippen molar-refractivity contribution in [2.45, 2.75) is 30.6 Å². The molecule has 0 spiro atoms. The van der Waals surface area contributed by atoms with Crippen molar-refractivity contribution in [2.75, 3.05) is 4.72 Å². The summed E-state index contributed by atoms with van der Waals surface area (Å²) in [6.45, 7) is 4.76. The minimum absolute atomic E-state index is 0.298. The third kappa shape index (κ3) is 4.50. The molecule has 2 aromatic rings. The van der Waals surface area contributed by atoms with Gasteiger partial charge in [0.1, 0.15) is 4.21 Å². The SMILES string of the molecule is CC(C)NCc1ccc(S(=O)(=O)Nc2ccncc2Br)s1. The number of hydrogen-bond acceptors (Lipinski definition) is 5. The maximum Gasteiger partial charge on any atom is 0.271 e. The number of aromatic nitrogens is 1. The number of pyridine rings is 1. The molecule has 5 nitrogen and oxygen atoms in total. The first-order chi connectivity index (χ1) is 9.88. The lowest BCUT2D eigenvalue weighted by molar-refractivity contribution is 0.593. The van der Waals surface area contributed by atoms with Gasteiger partial charge < -0.3 is 5.32 Å². The topological polar surface area (TPSA) is 71.1 Å². The quantitative estimate of drug-likeness (QED) is 0.795. The van der Waals surface area contributed by atoms with Crippen LogP contribution in [0.25, 0.3) is 0 Å². The molecule has 0 unspecified atom stereocenters. The average Bonchev–Trinajstić information content (AvgIpc) is 2.88. The van der Waals surface area contributed by atoms with Crippen LogP contribution in [-0.2, 0) is 16.6 Å². The highest BCUT2D eigenvalue weighted by Gasteiger charge is 2.18. The van der Waals surface area contributed by atoms with Gasteiger partial charge in [0.25, 0.3) is 10.0 Å². The number of sulfonamides is 1. The van der Waals surface area contributed by atoms with Gasteiger partial charge in [-0.05, 0) is 34.1 Å². The molecule has 0 amide bonds. The van der Waals surface area contributed by atoms with E-state index < -0.39 is 10.0 Å². The summed E-state index contributed by atoms with van der Waals surface area (Å²) < 4.78 is 28.1. The van der Waals surface area contributed by atoms with Gasteiger partial charge in [0.05, 0.1) is 10.2 Å². The van der Waals surface area contributed by atoms with E-state index in [2.05, 4.69) is 31.0 Å². The van der Waals surface area contributed by atoms with E-state index in [1.807, 2.05) is 19.9 Å². The molecule has 0 aliphatic carbocycles. The van der Waals surface area contributed by atoms with Gasteiger partial charge in [-0.25, -0.2) is 8.42 Å². The van der Waals surface area contributed by atoms with Crippen LogP contribution in [0, 0.1) is 0 Å². The van der Waals surface area contributed by atoms with Gasteiger partial charge in [-0.3, -0.25) is 9.71 Å². The lowest BCUT2D eigenvalue weighted by Gasteiger charge is -2.07. The van der Waals surface area contributed by atoms with E-state index in [1.165, 1.54) is 17.5 Å². The second-order valence-electron chi connectivity index (χ2n) is 4.72. The van der Waals surface area contributed by atoms with Crippen LogP contribution in [0.15, 0.2) is 39.3 Å². The Kier molecular flexibility index (Phi) is 5.37. The van der Waals surface area contributed by atoms with Crippen LogP contribution in [0.1, 0.15) is 18.7 Å². The lowest BCUT2D eigenvalue weighted by atomic mass is 10.4. The zero-order valence-corrected chi connectivity index (χ0v) is 14.8. The third-order valence-corrected chi connectivity index (χ3v) is 6.18. The molecule has 0 aliphatic heterocycles. The van der Waals surface area contributed by atoms with Crippen LogP contribution in [-0.4, -0.2) is 19.4 Å². The first-order valence-electron chi connectivity index (χ1n) is 6.33. The Labute approximate surface area is 137 Å². The number of rotatable bonds is 6. The fourth-order valence-electron chi connectivity index (χ4n) is 1.56. The highest BCUT2D eigenvalue weighted by atomic mass is 79.9. The molecule has 0 aliphatic rings. The zero-order valence-electron chi connectivity index (χ0n) is 11.6. The zero-order chi connectivity index (χ0) is 15.5. The highest BCUT2D eigenvalue weighted by Crippen LogP contribution is 2.27. The fraction of sp³-hybridized carbons (Fsp3) is 0.308. The van der Waals surface area contributed by atoms with Crippen LogP contribution in [0.3, 0.4) is 0 Å². The first kappa shape index (κ1) is 16.4. The average molecular weight is 390 g/mol. The Morgan fingerprint density at radius 2 is 2.10 bits per heavy atom. The minimum atomic E-state index is -3.57. The van der Waals surface area contributed by atoms with E-state index in [9.17, 15) is 8.42 Å². The standard InChI is InChI=1S/C13H16BrN3O2S2/c1-9(2)16-7-10-3-4-13(20-10)21(18,19)17-12-5-6-15-8-11(12)14/h3-6,8-9,16H,7H2,1-2H3,(H,15,17). The van der Waals surface area contributed by atoms with E-state index in [0.717, 1.165) is 4.88 Å². The molecule has 0 saturated heterocycles. The normalized spacial score (nSPS) is 11.8. The molecular weight excluding hydrogens is 374 g/mol. The summed E-state index contributed by atoms with van der Waals surface area (Å²) in [6.07, 6.45) is 3.08. The Hall–Kier alpha value is -0.960. The van der Waals surface area contributed by atoms with E-state index in [0.29, 0.717) is 27.0 Å². The van der Waals surface area contributed by atoms with Crippen molar-refractivity contribution in [2.24, 2.45) is 0 Å². The van der Waals surface area contributed by atoms with Crippen molar-refractivity contribution in [3.63, 3.8) is 0 Å². The van der Waals surface area contributed by atoms with Gasteiger partial charge in [-0.2, -0.15) is 0 Å². The molecule has 114 valence electrons. The molecule has 0 radical (unpaired) electrons. The molecule has 0 bridgehead atoms. The molecule has 2 heterocycles. The summed E-state index contributed by atoms with van der Waals surface area (Å²) >= 11 is 4.53. The van der Waals surface area contributed by atoms with Gasteiger partial charge in [0.2, 0.25) is 0 Å². The minimum Gasteiger partial charge on any atom is -0.310 e. The van der Waals surface area contributed by atoms with Crippen molar-refractivity contribution >= 4 is 43.0 Å². The van der Waals surface area contributed by atoms with E-state index in [1.54, 1.807) is 18.3 Å². The monoisotopic (exact) mass is 389 g/mol. The maximum absolute atomic E-state index is 12.3. The Balaban J connectivity index is 2.15. The molecule has 0 saturated carbocycles. The summed E-state index contributed by atoms with van der Waals surface area (Å²) in [5.74, 6) is 0. The van der Waals surface area contributed by atoms with Gasteiger partial charge in [0.15, 0.2) is 0 Å². The Morgan fingerprint density at radius 3 is 2.76 bits per heavy atom. The third-order valence-electron chi connectivity index (χ3n) is 2.60. The smallest absolute Gasteiger partial charge is 0.271 e. The molecule has 8 heteroatoms. The first-order valence-corrected chi connectivity index (χ1v) is 9.42. The van der Waals surface area contributed by atoms with E-state index in [4.69, 9.17) is 0 Å². The van der Waals surface area contributed by atoms with E-state index in [-0.39, 0.29) is 0 Å². The van der Waals surface area contributed by atoms with Gasteiger partial charge in [-0.15, -0.1) is 11.3 Å². The number of halogens is 1. The summed E-state index contributed by atoms with van der Waals surface area (Å²) in [7, 11) is -3.57. The number of thiophene rings is 1. The van der Waals surface area contributed by atoms with Gasteiger partial charge >= 0.3 is 0 Å². The Morgan fingerprint density at radius 1 is 1.33 bits per heavy atom.